The van der Waals surface area contributed by atoms with Crippen molar-refractivity contribution in [1.82, 2.24) is 10.2 Å². The normalized spacial score (nSPS) is 13.4. The van der Waals surface area contributed by atoms with Crippen LogP contribution < -0.4 is 5.32 Å². The SMILES string of the molecule is CC(NCCCN(C)C)c1cc(Br)cs1. The molecule has 15 heavy (non-hydrogen) atoms. The van der Waals surface area contributed by atoms with Crippen LogP contribution in [0.25, 0.3) is 0 Å². The molecule has 2 nitrogen and oxygen atoms in total. The van der Waals surface area contributed by atoms with Gasteiger partial charge in [0.1, 0.15) is 0 Å². The number of halogens is 1. The van der Waals surface area contributed by atoms with Crippen molar-refractivity contribution in [3.63, 3.8) is 0 Å². The minimum absolute atomic E-state index is 0.462. The number of hydrogen-bond donors (Lipinski definition) is 1. The highest BCUT2D eigenvalue weighted by Gasteiger charge is 2.06. The van der Waals surface area contributed by atoms with Crippen LogP contribution >= 0.6 is 27.3 Å². The number of thiophene rings is 1. The maximum atomic E-state index is 3.53. The number of nitrogens with zero attached hydrogens (tertiary/aromatic N) is 1. The smallest absolute Gasteiger partial charge is 0.0386 e. The molecular weight excluding hydrogens is 272 g/mol. The van der Waals surface area contributed by atoms with Gasteiger partial charge in [-0.05, 0) is 62.5 Å². The van der Waals surface area contributed by atoms with Gasteiger partial charge in [0.15, 0.2) is 0 Å². The Balaban J connectivity index is 2.21. The summed E-state index contributed by atoms with van der Waals surface area (Å²) >= 11 is 5.28. The van der Waals surface area contributed by atoms with E-state index in [9.17, 15) is 0 Å². The Bertz CT molecular complexity index is 286. The molecule has 0 aliphatic rings. The summed E-state index contributed by atoms with van der Waals surface area (Å²) in [6.45, 7) is 4.44. The van der Waals surface area contributed by atoms with E-state index in [1.54, 1.807) is 11.3 Å². The van der Waals surface area contributed by atoms with Crippen molar-refractivity contribution in [2.24, 2.45) is 0 Å². The second-order valence-electron chi connectivity index (χ2n) is 4.00. The molecule has 0 fully saturated rings. The van der Waals surface area contributed by atoms with E-state index in [2.05, 4.69) is 58.6 Å². The Hall–Kier alpha value is 0.1000. The molecule has 1 aromatic heterocycles. The molecule has 1 atom stereocenters. The molecule has 0 aliphatic heterocycles. The summed E-state index contributed by atoms with van der Waals surface area (Å²) in [5, 5.41) is 5.66. The lowest BCUT2D eigenvalue weighted by Gasteiger charge is -2.13. The van der Waals surface area contributed by atoms with Crippen molar-refractivity contribution in [1.29, 1.82) is 0 Å². The molecule has 0 spiro atoms. The van der Waals surface area contributed by atoms with Crippen molar-refractivity contribution in [2.75, 3.05) is 27.2 Å². The Morgan fingerprint density at radius 2 is 2.27 bits per heavy atom. The lowest BCUT2D eigenvalue weighted by Crippen LogP contribution is -2.23. The van der Waals surface area contributed by atoms with Crippen molar-refractivity contribution in [3.8, 4) is 0 Å². The van der Waals surface area contributed by atoms with Gasteiger partial charge in [0, 0.05) is 20.8 Å². The predicted octanol–water partition coefficient (Wildman–Crippen LogP) is 3.11. The van der Waals surface area contributed by atoms with Gasteiger partial charge in [-0.2, -0.15) is 0 Å². The third-order valence-corrected chi connectivity index (χ3v) is 4.12. The molecule has 1 aromatic rings. The fourth-order valence-electron chi connectivity index (χ4n) is 1.37. The van der Waals surface area contributed by atoms with Gasteiger partial charge in [-0.25, -0.2) is 0 Å². The van der Waals surface area contributed by atoms with Crippen LogP contribution in [0, 0.1) is 0 Å². The van der Waals surface area contributed by atoms with Crippen LogP contribution in [0.15, 0.2) is 15.9 Å². The highest BCUT2D eigenvalue weighted by atomic mass is 79.9. The van der Waals surface area contributed by atoms with Gasteiger partial charge in [0.2, 0.25) is 0 Å². The second-order valence-corrected chi connectivity index (χ2v) is 5.86. The van der Waals surface area contributed by atoms with Gasteiger partial charge < -0.3 is 10.2 Å². The second kappa shape index (κ2) is 6.63. The van der Waals surface area contributed by atoms with Crippen LogP contribution in [0.3, 0.4) is 0 Å². The van der Waals surface area contributed by atoms with E-state index in [0.29, 0.717) is 6.04 Å². The Morgan fingerprint density at radius 1 is 1.53 bits per heavy atom. The summed E-state index contributed by atoms with van der Waals surface area (Å²) in [4.78, 5) is 3.61. The summed E-state index contributed by atoms with van der Waals surface area (Å²) in [7, 11) is 4.22. The lowest BCUT2D eigenvalue weighted by molar-refractivity contribution is 0.389. The third kappa shape index (κ3) is 5.11. The number of hydrogen-bond acceptors (Lipinski definition) is 3. The molecular formula is C11H19BrN2S. The van der Waals surface area contributed by atoms with E-state index in [1.807, 2.05) is 0 Å². The predicted molar refractivity (Wildman–Crippen MR) is 71.6 cm³/mol. The highest BCUT2D eigenvalue weighted by molar-refractivity contribution is 9.10. The first-order chi connectivity index (χ1) is 7.09. The monoisotopic (exact) mass is 290 g/mol. The molecule has 0 saturated heterocycles. The van der Waals surface area contributed by atoms with Crippen LogP contribution in [0.5, 0.6) is 0 Å². The summed E-state index contributed by atoms with van der Waals surface area (Å²) < 4.78 is 1.18. The first kappa shape index (κ1) is 13.2. The topological polar surface area (TPSA) is 15.3 Å². The van der Waals surface area contributed by atoms with E-state index in [1.165, 1.54) is 15.8 Å². The average Bonchev–Trinajstić information content (AvgIpc) is 2.59. The van der Waals surface area contributed by atoms with Crippen molar-refractivity contribution in [3.05, 3.63) is 20.8 Å². The zero-order chi connectivity index (χ0) is 11.3. The molecule has 0 radical (unpaired) electrons. The summed E-state index contributed by atoms with van der Waals surface area (Å²) in [5.41, 5.74) is 0. The van der Waals surface area contributed by atoms with E-state index >= 15 is 0 Å². The zero-order valence-electron chi connectivity index (χ0n) is 9.59. The van der Waals surface area contributed by atoms with Gasteiger partial charge >= 0.3 is 0 Å². The quantitative estimate of drug-likeness (QED) is 0.810. The summed E-state index contributed by atoms with van der Waals surface area (Å²) in [5.74, 6) is 0. The van der Waals surface area contributed by atoms with Crippen molar-refractivity contribution < 1.29 is 0 Å². The largest absolute Gasteiger partial charge is 0.309 e. The van der Waals surface area contributed by atoms with Crippen LogP contribution in [0.1, 0.15) is 24.3 Å². The molecule has 1 unspecified atom stereocenters. The van der Waals surface area contributed by atoms with Gasteiger partial charge in [-0.1, -0.05) is 0 Å². The summed E-state index contributed by atoms with van der Waals surface area (Å²) in [6.07, 6.45) is 1.20. The standard InChI is InChI=1S/C11H19BrN2S/c1-9(11-7-10(12)8-15-11)13-5-4-6-14(2)3/h7-9,13H,4-6H2,1-3H3. The Morgan fingerprint density at radius 3 is 2.80 bits per heavy atom. The minimum atomic E-state index is 0.462. The molecule has 0 saturated carbocycles. The van der Waals surface area contributed by atoms with Gasteiger partial charge in [0.25, 0.3) is 0 Å². The third-order valence-electron chi connectivity index (χ3n) is 2.25. The number of nitrogens with one attached hydrogen (secondary N) is 1. The maximum Gasteiger partial charge on any atom is 0.0386 e. The molecule has 1 rings (SSSR count). The Kier molecular flexibility index (Phi) is 5.82. The van der Waals surface area contributed by atoms with E-state index in [4.69, 9.17) is 0 Å². The molecule has 0 amide bonds. The molecule has 1 heterocycles. The fourth-order valence-corrected chi connectivity index (χ4v) is 2.85. The maximum absolute atomic E-state index is 3.53. The molecule has 1 N–H and O–H groups in total. The minimum Gasteiger partial charge on any atom is -0.309 e. The molecule has 0 aromatic carbocycles. The van der Waals surface area contributed by atoms with Crippen LogP contribution in [0.4, 0.5) is 0 Å². The zero-order valence-corrected chi connectivity index (χ0v) is 12.0. The van der Waals surface area contributed by atoms with Gasteiger partial charge in [-0.15, -0.1) is 11.3 Å². The van der Waals surface area contributed by atoms with E-state index < -0.39 is 0 Å². The molecule has 0 bridgehead atoms. The Labute approximate surface area is 105 Å². The highest BCUT2D eigenvalue weighted by Crippen LogP contribution is 2.25. The average molecular weight is 291 g/mol. The molecule has 4 heteroatoms. The van der Waals surface area contributed by atoms with Crippen molar-refractivity contribution >= 4 is 27.3 Å². The van der Waals surface area contributed by atoms with E-state index in [0.717, 1.165) is 13.1 Å². The number of rotatable bonds is 6. The van der Waals surface area contributed by atoms with Gasteiger partial charge in [-0.3, -0.25) is 0 Å². The first-order valence-electron chi connectivity index (χ1n) is 5.21. The van der Waals surface area contributed by atoms with Gasteiger partial charge in [0.05, 0.1) is 0 Å². The first-order valence-corrected chi connectivity index (χ1v) is 6.89. The lowest BCUT2D eigenvalue weighted by atomic mass is 10.2. The molecule has 86 valence electrons. The molecule has 0 aliphatic carbocycles. The van der Waals surface area contributed by atoms with Crippen molar-refractivity contribution in [2.45, 2.75) is 19.4 Å². The summed E-state index contributed by atoms with van der Waals surface area (Å²) in [6, 6.07) is 2.65. The van der Waals surface area contributed by atoms with Crippen LogP contribution in [0.2, 0.25) is 0 Å². The van der Waals surface area contributed by atoms with Crippen LogP contribution in [-0.2, 0) is 0 Å². The van der Waals surface area contributed by atoms with E-state index in [-0.39, 0.29) is 0 Å². The fraction of sp³-hybridized carbons (Fsp3) is 0.636. The van der Waals surface area contributed by atoms with Crippen LogP contribution in [-0.4, -0.2) is 32.1 Å².